The topological polar surface area (TPSA) is 94.4 Å². The third-order valence-corrected chi connectivity index (χ3v) is 6.25. The van der Waals surface area contributed by atoms with E-state index in [0.717, 1.165) is 0 Å². The fraction of sp³-hybridized carbons (Fsp3) is 0.167. The van der Waals surface area contributed by atoms with Crippen LogP contribution in [0, 0.1) is 5.82 Å². The molecule has 0 spiro atoms. The molecule has 4 aromatic rings. The van der Waals surface area contributed by atoms with Gasteiger partial charge in [0.25, 0.3) is 5.91 Å². The zero-order valence-electron chi connectivity index (χ0n) is 18.7. The van der Waals surface area contributed by atoms with E-state index in [1.165, 1.54) is 37.5 Å². The van der Waals surface area contributed by atoms with E-state index in [0.29, 0.717) is 32.5 Å². The van der Waals surface area contributed by atoms with E-state index < -0.39 is 16.8 Å². The van der Waals surface area contributed by atoms with E-state index in [1.807, 2.05) is 0 Å². The summed E-state index contributed by atoms with van der Waals surface area (Å²) in [6, 6.07) is 11.3. The molecule has 2 aromatic carbocycles. The first kappa shape index (κ1) is 23.2. The van der Waals surface area contributed by atoms with Crippen molar-refractivity contribution in [3.05, 3.63) is 72.4 Å². The van der Waals surface area contributed by atoms with Gasteiger partial charge in [0, 0.05) is 54.0 Å². The molecule has 0 aliphatic rings. The summed E-state index contributed by atoms with van der Waals surface area (Å²) < 4.78 is 32.7. The quantitative estimate of drug-likeness (QED) is 0.394. The van der Waals surface area contributed by atoms with E-state index >= 15 is 0 Å². The molecule has 0 fully saturated rings. The molecule has 1 unspecified atom stereocenters. The van der Waals surface area contributed by atoms with Gasteiger partial charge in [0.05, 0.1) is 28.3 Å². The lowest BCUT2D eigenvalue weighted by atomic mass is 10.1. The van der Waals surface area contributed by atoms with Crippen molar-refractivity contribution < 1.29 is 22.9 Å². The van der Waals surface area contributed by atoms with Gasteiger partial charge < -0.3 is 9.64 Å². The number of carbonyl (C=O) groups is 2. The van der Waals surface area contributed by atoms with Gasteiger partial charge in [0.2, 0.25) is 5.95 Å². The summed E-state index contributed by atoms with van der Waals surface area (Å²) in [5, 5.41) is 0.676. The maximum absolute atomic E-state index is 14.1. The second kappa shape index (κ2) is 9.52. The van der Waals surface area contributed by atoms with Crippen molar-refractivity contribution in [2.24, 2.45) is 0 Å². The molecule has 34 heavy (non-hydrogen) atoms. The number of amides is 1. The fourth-order valence-corrected chi connectivity index (χ4v) is 4.29. The molecule has 2 aromatic heterocycles. The molecule has 1 amide bonds. The van der Waals surface area contributed by atoms with E-state index in [4.69, 9.17) is 0 Å². The zero-order valence-corrected chi connectivity index (χ0v) is 19.5. The van der Waals surface area contributed by atoms with E-state index in [-0.39, 0.29) is 24.2 Å². The lowest BCUT2D eigenvalue weighted by molar-refractivity contribution is -0.141. The molecule has 4 rings (SSSR count). The maximum Gasteiger partial charge on any atom is 0.325 e. The van der Waals surface area contributed by atoms with Gasteiger partial charge in [-0.25, -0.2) is 14.4 Å². The fourth-order valence-electron chi connectivity index (χ4n) is 3.55. The van der Waals surface area contributed by atoms with Crippen LogP contribution in [0.5, 0.6) is 0 Å². The summed E-state index contributed by atoms with van der Waals surface area (Å²) in [5.41, 5.74) is 1.79. The first-order valence-corrected chi connectivity index (χ1v) is 11.7. The van der Waals surface area contributed by atoms with E-state index in [9.17, 15) is 18.2 Å². The highest BCUT2D eigenvalue weighted by Gasteiger charge is 2.19. The normalized spacial score (nSPS) is 11.9. The average Bonchev–Trinajstić information content (AvgIpc) is 3.23. The number of halogens is 1. The van der Waals surface area contributed by atoms with Crippen molar-refractivity contribution in [2.75, 3.05) is 27.0 Å². The van der Waals surface area contributed by atoms with E-state index in [1.54, 1.807) is 53.4 Å². The summed E-state index contributed by atoms with van der Waals surface area (Å²) in [6.45, 7) is -0.195. The summed E-state index contributed by atoms with van der Waals surface area (Å²) in [5.74, 6) is -1.02. The number of esters is 1. The Morgan fingerprint density at radius 1 is 1.15 bits per heavy atom. The van der Waals surface area contributed by atoms with Crippen LogP contribution in [0.4, 0.5) is 4.39 Å². The lowest BCUT2D eigenvalue weighted by Gasteiger charge is -2.16. The molecule has 1 atom stereocenters. The SMILES string of the molecule is COC(=O)CN(C)C(=O)c1ccc2c(S(C)=O)cn(-c3ncc(-c4ccccc4F)cn3)c2c1. The highest BCUT2D eigenvalue weighted by Crippen LogP contribution is 2.28. The van der Waals surface area contributed by atoms with Crippen LogP contribution in [0.15, 0.2) is 66.0 Å². The van der Waals surface area contributed by atoms with Crippen molar-refractivity contribution in [3.63, 3.8) is 0 Å². The molecular weight excluding hydrogens is 459 g/mol. The number of benzene rings is 2. The molecule has 0 radical (unpaired) electrons. The molecule has 0 aliphatic heterocycles. The molecule has 0 saturated heterocycles. The highest BCUT2D eigenvalue weighted by atomic mass is 32.2. The number of likely N-dealkylation sites (N-methyl/N-ethyl adjacent to an activating group) is 1. The number of hydrogen-bond acceptors (Lipinski definition) is 6. The summed E-state index contributed by atoms with van der Waals surface area (Å²) >= 11 is 0. The molecule has 8 nitrogen and oxygen atoms in total. The van der Waals surface area contributed by atoms with Crippen molar-refractivity contribution in [1.82, 2.24) is 19.4 Å². The Morgan fingerprint density at radius 3 is 2.50 bits per heavy atom. The van der Waals surface area contributed by atoms with Crippen LogP contribution in [0.1, 0.15) is 10.4 Å². The van der Waals surface area contributed by atoms with Gasteiger partial charge in [0.15, 0.2) is 0 Å². The third-order valence-electron chi connectivity index (χ3n) is 5.30. The summed E-state index contributed by atoms with van der Waals surface area (Å²) in [4.78, 5) is 34.9. The van der Waals surface area contributed by atoms with Gasteiger partial charge in [-0.15, -0.1) is 0 Å². The van der Waals surface area contributed by atoms with Crippen molar-refractivity contribution >= 4 is 33.6 Å². The number of aromatic nitrogens is 3. The minimum Gasteiger partial charge on any atom is -0.468 e. The Bertz CT molecular complexity index is 1420. The predicted molar refractivity (Wildman–Crippen MR) is 126 cm³/mol. The second-order valence-corrected chi connectivity index (χ2v) is 8.89. The predicted octanol–water partition coefficient (Wildman–Crippen LogP) is 3.21. The van der Waals surface area contributed by atoms with Crippen LogP contribution in [-0.2, 0) is 20.3 Å². The van der Waals surface area contributed by atoms with Crippen LogP contribution in [0.3, 0.4) is 0 Å². The number of methoxy groups -OCH3 is 1. The van der Waals surface area contributed by atoms with Gasteiger partial charge in [-0.2, -0.15) is 0 Å². The number of nitrogens with zero attached hydrogens (tertiary/aromatic N) is 4. The number of rotatable bonds is 6. The Kier molecular flexibility index (Phi) is 6.51. The Balaban J connectivity index is 1.77. The molecule has 0 saturated carbocycles. The third kappa shape index (κ3) is 4.44. The minimum atomic E-state index is -1.31. The first-order chi connectivity index (χ1) is 16.3. The van der Waals surface area contributed by atoms with Gasteiger partial charge in [-0.1, -0.05) is 24.3 Å². The molecular formula is C24H21FN4O4S. The Morgan fingerprint density at radius 2 is 1.85 bits per heavy atom. The van der Waals surface area contributed by atoms with Crippen molar-refractivity contribution in [2.45, 2.75) is 4.90 Å². The summed E-state index contributed by atoms with van der Waals surface area (Å²) in [6.07, 6.45) is 6.23. The standard InChI is InChI=1S/C24H21FN4O4S/c1-28(14-22(30)33-2)23(31)15-8-9-18-20(10-15)29(13-21(18)34(3)32)24-26-11-16(12-27-24)17-6-4-5-7-19(17)25/h4-13H,14H2,1-3H3. The molecule has 0 aliphatic carbocycles. The highest BCUT2D eigenvalue weighted by molar-refractivity contribution is 7.84. The first-order valence-electron chi connectivity index (χ1n) is 10.2. The van der Waals surface area contributed by atoms with Crippen LogP contribution in [0.25, 0.3) is 28.0 Å². The monoisotopic (exact) mass is 480 g/mol. The Labute approximate surface area is 197 Å². The average molecular weight is 481 g/mol. The number of ether oxygens (including phenoxy) is 1. The van der Waals surface area contributed by atoms with Gasteiger partial charge in [-0.3, -0.25) is 18.4 Å². The van der Waals surface area contributed by atoms with Gasteiger partial charge >= 0.3 is 5.97 Å². The van der Waals surface area contributed by atoms with Crippen molar-refractivity contribution in [3.8, 4) is 17.1 Å². The molecule has 174 valence electrons. The van der Waals surface area contributed by atoms with Crippen molar-refractivity contribution in [1.29, 1.82) is 0 Å². The molecule has 0 N–H and O–H groups in total. The largest absolute Gasteiger partial charge is 0.468 e. The number of carbonyl (C=O) groups excluding carboxylic acids is 2. The maximum atomic E-state index is 14.1. The van der Waals surface area contributed by atoms with Crippen LogP contribution >= 0.6 is 0 Å². The van der Waals surface area contributed by atoms with E-state index in [2.05, 4.69) is 14.7 Å². The Hall–Kier alpha value is -3.92. The zero-order chi connectivity index (χ0) is 24.4. The van der Waals surface area contributed by atoms with Crippen LogP contribution < -0.4 is 0 Å². The number of hydrogen-bond donors (Lipinski definition) is 0. The smallest absolute Gasteiger partial charge is 0.325 e. The second-order valence-electron chi connectivity index (χ2n) is 7.54. The molecule has 10 heteroatoms. The van der Waals surface area contributed by atoms with Gasteiger partial charge in [-0.05, 0) is 18.2 Å². The summed E-state index contributed by atoms with van der Waals surface area (Å²) in [7, 11) is 1.44. The minimum absolute atomic E-state index is 0.195. The van der Waals surface area contributed by atoms with Crippen LogP contribution in [0.2, 0.25) is 0 Å². The van der Waals surface area contributed by atoms with Gasteiger partial charge in [0.1, 0.15) is 12.4 Å². The molecule has 2 heterocycles. The molecule has 0 bridgehead atoms. The number of fused-ring (bicyclic) bond motifs is 1. The van der Waals surface area contributed by atoms with Crippen LogP contribution in [-0.4, -0.2) is 62.5 Å². The lowest BCUT2D eigenvalue weighted by Crippen LogP contribution is -2.32.